The lowest BCUT2D eigenvalue weighted by Crippen LogP contribution is -2.55. The fraction of sp³-hybridized carbons (Fsp3) is 0.571. The minimum atomic E-state index is 0.263. The Bertz CT molecular complexity index is 424. The molecule has 1 saturated carbocycles. The molecule has 3 rings (SSSR count). The lowest BCUT2D eigenvalue weighted by atomic mass is 9.79. The van der Waals surface area contributed by atoms with Crippen molar-refractivity contribution >= 4 is 11.4 Å². The minimum Gasteiger partial charge on any atom is -0.508 e. The van der Waals surface area contributed by atoms with Crippen LogP contribution < -0.4 is 10.2 Å². The highest BCUT2D eigenvalue weighted by molar-refractivity contribution is 5.75. The number of rotatable bonds is 0. The Labute approximate surface area is 102 Å². The molecule has 0 amide bonds. The van der Waals surface area contributed by atoms with Gasteiger partial charge in [0.15, 0.2) is 0 Å². The summed E-state index contributed by atoms with van der Waals surface area (Å²) in [4.78, 5) is 2.39. The number of aromatic hydroxyl groups is 1. The second kappa shape index (κ2) is 3.83. The molecule has 1 aromatic carbocycles. The quantitative estimate of drug-likeness (QED) is 0.675. The van der Waals surface area contributed by atoms with E-state index in [0.717, 1.165) is 17.9 Å². The van der Waals surface area contributed by atoms with Gasteiger partial charge in [0.05, 0.1) is 16.9 Å². The van der Waals surface area contributed by atoms with E-state index >= 15 is 0 Å². The molecular weight excluding hydrogens is 212 g/mol. The molecule has 0 saturated heterocycles. The zero-order valence-corrected chi connectivity index (χ0v) is 10.4. The smallest absolute Gasteiger partial charge is 0.117 e. The van der Waals surface area contributed by atoms with Crippen molar-refractivity contribution in [2.75, 3.05) is 23.8 Å². The second-order valence-corrected chi connectivity index (χ2v) is 5.40. The summed E-state index contributed by atoms with van der Waals surface area (Å²) in [7, 11) is 2.17. The average Bonchev–Trinajstić information content (AvgIpc) is 2.36. The van der Waals surface area contributed by atoms with Crippen molar-refractivity contribution in [3.05, 3.63) is 18.2 Å². The van der Waals surface area contributed by atoms with E-state index in [-0.39, 0.29) is 5.54 Å². The molecule has 3 heteroatoms. The standard InChI is InChI=1S/C14H20N2O/c1-16-13-9-11(17)5-6-12(13)15-10-14(16)7-3-2-4-8-14/h5-6,9,15,17H,2-4,7-8,10H2,1H3. The van der Waals surface area contributed by atoms with Crippen LogP contribution in [0.15, 0.2) is 18.2 Å². The first-order chi connectivity index (χ1) is 8.21. The molecule has 0 unspecified atom stereocenters. The molecule has 0 radical (unpaired) electrons. The molecule has 1 aliphatic carbocycles. The van der Waals surface area contributed by atoms with Crippen LogP contribution in [0.2, 0.25) is 0 Å². The Balaban J connectivity index is 1.98. The summed E-state index contributed by atoms with van der Waals surface area (Å²) in [5.41, 5.74) is 2.54. The lowest BCUT2D eigenvalue weighted by molar-refractivity contribution is 0.294. The van der Waals surface area contributed by atoms with Gasteiger partial charge in [-0.15, -0.1) is 0 Å². The Morgan fingerprint density at radius 1 is 1.24 bits per heavy atom. The number of likely N-dealkylation sites (N-methyl/N-ethyl adjacent to an activating group) is 1. The third-order valence-corrected chi connectivity index (χ3v) is 4.45. The van der Waals surface area contributed by atoms with E-state index in [1.807, 2.05) is 12.1 Å². The topological polar surface area (TPSA) is 35.5 Å². The summed E-state index contributed by atoms with van der Waals surface area (Å²) in [6.07, 6.45) is 6.51. The van der Waals surface area contributed by atoms with Crippen molar-refractivity contribution in [1.82, 2.24) is 0 Å². The van der Waals surface area contributed by atoms with Gasteiger partial charge in [-0.25, -0.2) is 0 Å². The van der Waals surface area contributed by atoms with Crippen LogP contribution in [0.4, 0.5) is 11.4 Å². The van der Waals surface area contributed by atoms with Gasteiger partial charge >= 0.3 is 0 Å². The second-order valence-electron chi connectivity index (χ2n) is 5.40. The molecule has 0 aromatic heterocycles. The number of nitrogens with one attached hydrogen (secondary N) is 1. The summed E-state index contributed by atoms with van der Waals surface area (Å²) in [5.74, 6) is 0.352. The Morgan fingerprint density at radius 2 is 2.00 bits per heavy atom. The van der Waals surface area contributed by atoms with Crippen LogP contribution >= 0.6 is 0 Å². The summed E-state index contributed by atoms with van der Waals surface area (Å²) in [6.45, 7) is 1.03. The monoisotopic (exact) mass is 232 g/mol. The predicted octanol–water partition coefficient (Wildman–Crippen LogP) is 2.96. The van der Waals surface area contributed by atoms with Crippen LogP contribution in [-0.4, -0.2) is 24.2 Å². The molecule has 0 atom stereocenters. The summed E-state index contributed by atoms with van der Waals surface area (Å²) in [5, 5.41) is 13.2. The molecule has 17 heavy (non-hydrogen) atoms. The maximum absolute atomic E-state index is 9.64. The third kappa shape index (κ3) is 1.65. The molecule has 2 aliphatic rings. The van der Waals surface area contributed by atoms with Crippen LogP contribution in [0.25, 0.3) is 0 Å². The number of anilines is 2. The molecule has 2 N–H and O–H groups in total. The van der Waals surface area contributed by atoms with E-state index in [4.69, 9.17) is 0 Å². The van der Waals surface area contributed by atoms with Gasteiger partial charge in [-0.05, 0) is 25.0 Å². The molecule has 1 aromatic rings. The highest BCUT2D eigenvalue weighted by Crippen LogP contribution is 2.43. The van der Waals surface area contributed by atoms with E-state index in [1.165, 1.54) is 32.1 Å². The van der Waals surface area contributed by atoms with Crippen LogP contribution in [-0.2, 0) is 0 Å². The van der Waals surface area contributed by atoms with Gasteiger partial charge in [-0.3, -0.25) is 0 Å². The van der Waals surface area contributed by atoms with Crippen LogP contribution in [0.1, 0.15) is 32.1 Å². The van der Waals surface area contributed by atoms with Crippen molar-refractivity contribution in [2.45, 2.75) is 37.6 Å². The number of phenolic OH excluding ortho intramolecular Hbond substituents is 1. The highest BCUT2D eigenvalue weighted by atomic mass is 16.3. The number of nitrogens with zero attached hydrogens (tertiary/aromatic N) is 1. The number of hydrogen-bond donors (Lipinski definition) is 2. The van der Waals surface area contributed by atoms with Gasteiger partial charge in [0.1, 0.15) is 5.75 Å². The van der Waals surface area contributed by atoms with Gasteiger partial charge < -0.3 is 15.3 Å². The number of fused-ring (bicyclic) bond motifs is 1. The molecule has 0 bridgehead atoms. The molecule has 92 valence electrons. The first-order valence-corrected chi connectivity index (χ1v) is 6.52. The van der Waals surface area contributed by atoms with Gasteiger partial charge in [0.2, 0.25) is 0 Å². The van der Waals surface area contributed by atoms with Gasteiger partial charge in [-0.2, -0.15) is 0 Å². The average molecular weight is 232 g/mol. The number of benzene rings is 1. The van der Waals surface area contributed by atoms with Crippen molar-refractivity contribution in [3.63, 3.8) is 0 Å². The highest BCUT2D eigenvalue weighted by Gasteiger charge is 2.39. The first-order valence-electron chi connectivity index (χ1n) is 6.52. The summed E-state index contributed by atoms with van der Waals surface area (Å²) < 4.78 is 0. The zero-order chi connectivity index (χ0) is 11.9. The largest absolute Gasteiger partial charge is 0.508 e. The number of phenols is 1. The fourth-order valence-electron chi connectivity index (χ4n) is 3.30. The molecule has 1 heterocycles. The van der Waals surface area contributed by atoms with Crippen LogP contribution in [0.3, 0.4) is 0 Å². The molecule has 1 fully saturated rings. The SMILES string of the molecule is CN1c2cc(O)ccc2NCC12CCCCC2. The summed E-state index contributed by atoms with van der Waals surface area (Å²) in [6, 6.07) is 5.59. The van der Waals surface area contributed by atoms with Crippen LogP contribution in [0.5, 0.6) is 5.75 Å². The summed E-state index contributed by atoms with van der Waals surface area (Å²) >= 11 is 0. The van der Waals surface area contributed by atoms with Crippen molar-refractivity contribution in [1.29, 1.82) is 0 Å². The van der Waals surface area contributed by atoms with Crippen LogP contribution in [0, 0.1) is 0 Å². The maximum Gasteiger partial charge on any atom is 0.117 e. The van der Waals surface area contributed by atoms with Crippen molar-refractivity contribution in [3.8, 4) is 5.75 Å². The van der Waals surface area contributed by atoms with E-state index in [0.29, 0.717) is 5.75 Å². The van der Waals surface area contributed by atoms with Gasteiger partial charge in [0.25, 0.3) is 0 Å². The molecule has 1 aliphatic heterocycles. The zero-order valence-electron chi connectivity index (χ0n) is 10.4. The fourth-order valence-corrected chi connectivity index (χ4v) is 3.30. The Morgan fingerprint density at radius 3 is 2.76 bits per heavy atom. The van der Waals surface area contributed by atoms with E-state index in [2.05, 4.69) is 17.3 Å². The Kier molecular flexibility index (Phi) is 2.42. The number of hydrogen-bond acceptors (Lipinski definition) is 3. The van der Waals surface area contributed by atoms with E-state index < -0.39 is 0 Å². The van der Waals surface area contributed by atoms with Gasteiger partial charge in [0, 0.05) is 19.7 Å². The normalized spacial score (nSPS) is 22.1. The Hall–Kier alpha value is -1.38. The van der Waals surface area contributed by atoms with E-state index in [1.54, 1.807) is 6.07 Å². The van der Waals surface area contributed by atoms with E-state index in [9.17, 15) is 5.11 Å². The first kappa shape index (κ1) is 10.8. The van der Waals surface area contributed by atoms with Crippen molar-refractivity contribution in [2.24, 2.45) is 0 Å². The van der Waals surface area contributed by atoms with Crippen molar-refractivity contribution < 1.29 is 5.11 Å². The third-order valence-electron chi connectivity index (χ3n) is 4.45. The lowest BCUT2D eigenvalue weighted by Gasteiger charge is -2.50. The maximum atomic E-state index is 9.64. The van der Waals surface area contributed by atoms with Gasteiger partial charge in [-0.1, -0.05) is 19.3 Å². The minimum absolute atomic E-state index is 0.263. The molecule has 1 spiro atoms. The molecular formula is C14H20N2O. The predicted molar refractivity (Wildman–Crippen MR) is 70.8 cm³/mol. The molecule has 3 nitrogen and oxygen atoms in total.